The second kappa shape index (κ2) is 6.83. The molecule has 0 bridgehead atoms. The van der Waals surface area contributed by atoms with Crippen molar-refractivity contribution in [3.05, 3.63) is 0 Å². The summed E-state index contributed by atoms with van der Waals surface area (Å²) >= 11 is 1.93. The van der Waals surface area contributed by atoms with Crippen molar-refractivity contribution in [1.29, 1.82) is 0 Å². The summed E-state index contributed by atoms with van der Waals surface area (Å²) in [5, 5.41) is 0.632. The standard InChI is InChI=1S/C10H22N2O2S2/c1-2-15-10-5-4-9(8-10)12-16(13,14)7-3-6-11/h9-10,12H,2-8,11H2,1H3. The van der Waals surface area contributed by atoms with Gasteiger partial charge >= 0.3 is 0 Å². The van der Waals surface area contributed by atoms with Crippen LogP contribution in [0.1, 0.15) is 32.6 Å². The monoisotopic (exact) mass is 266 g/mol. The molecule has 16 heavy (non-hydrogen) atoms. The van der Waals surface area contributed by atoms with Crippen LogP contribution in [0.3, 0.4) is 0 Å². The van der Waals surface area contributed by atoms with E-state index in [-0.39, 0.29) is 11.8 Å². The van der Waals surface area contributed by atoms with Crippen molar-refractivity contribution in [2.24, 2.45) is 5.73 Å². The van der Waals surface area contributed by atoms with Gasteiger partial charge in [0.05, 0.1) is 5.75 Å². The Morgan fingerprint density at radius 1 is 1.44 bits per heavy atom. The van der Waals surface area contributed by atoms with E-state index in [0.717, 1.165) is 25.0 Å². The fourth-order valence-electron chi connectivity index (χ4n) is 2.02. The Hall–Kier alpha value is 0.220. The van der Waals surface area contributed by atoms with E-state index in [9.17, 15) is 8.42 Å². The lowest BCUT2D eigenvalue weighted by Crippen LogP contribution is -2.35. The molecular formula is C10H22N2O2S2. The Morgan fingerprint density at radius 2 is 2.19 bits per heavy atom. The molecule has 0 spiro atoms. The highest BCUT2D eigenvalue weighted by Crippen LogP contribution is 2.29. The average Bonchev–Trinajstić information content (AvgIpc) is 2.62. The van der Waals surface area contributed by atoms with E-state index in [0.29, 0.717) is 18.2 Å². The molecule has 1 saturated carbocycles. The van der Waals surface area contributed by atoms with Gasteiger partial charge in [0.25, 0.3) is 0 Å². The summed E-state index contributed by atoms with van der Waals surface area (Å²) in [5.41, 5.74) is 5.31. The van der Waals surface area contributed by atoms with Crippen LogP contribution < -0.4 is 10.5 Å². The van der Waals surface area contributed by atoms with Crippen molar-refractivity contribution in [3.63, 3.8) is 0 Å². The zero-order valence-electron chi connectivity index (χ0n) is 9.81. The Balaban J connectivity index is 2.33. The van der Waals surface area contributed by atoms with E-state index in [4.69, 9.17) is 5.73 Å². The third-order valence-electron chi connectivity index (χ3n) is 2.75. The van der Waals surface area contributed by atoms with Gasteiger partial charge in [-0.3, -0.25) is 0 Å². The van der Waals surface area contributed by atoms with E-state index < -0.39 is 10.0 Å². The van der Waals surface area contributed by atoms with Crippen LogP contribution in [0.2, 0.25) is 0 Å². The molecule has 96 valence electrons. The van der Waals surface area contributed by atoms with Crippen LogP contribution in [0.25, 0.3) is 0 Å². The van der Waals surface area contributed by atoms with Gasteiger partial charge in [0.2, 0.25) is 10.0 Å². The van der Waals surface area contributed by atoms with Crippen molar-refractivity contribution in [1.82, 2.24) is 4.72 Å². The Morgan fingerprint density at radius 3 is 2.81 bits per heavy atom. The topological polar surface area (TPSA) is 72.2 Å². The minimum absolute atomic E-state index is 0.145. The lowest BCUT2D eigenvalue weighted by molar-refractivity contribution is 0.550. The maximum absolute atomic E-state index is 11.6. The highest BCUT2D eigenvalue weighted by molar-refractivity contribution is 7.99. The van der Waals surface area contributed by atoms with Gasteiger partial charge in [0.15, 0.2) is 0 Å². The van der Waals surface area contributed by atoms with Gasteiger partial charge in [0, 0.05) is 11.3 Å². The molecule has 3 N–H and O–H groups in total. The summed E-state index contributed by atoms with van der Waals surface area (Å²) in [4.78, 5) is 0. The van der Waals surface area contributed by atoms with Gasteiger partial charge in [-0.05, 0) is 38.0 Å². The number of hydrogen-bond donors (Lipinski definition) is 2. The van der Waals surface area contributed by atoms with Crippen molar-refractivity contribution in [2.45, 2.75) is 43.9 Å². The first-order valence-corrected chi connectivity index (χ1v) is 8.59. The largest absolute Gasteiger partial charge is 0.330 e. The maximum Gasteiger partial charge on any atom is 0.211 e. The summed E-state index contributed by atoms with van der Waals surface area (Å²) < 4.78 is 26.1. The molecular weight excluding hydrogens is 244 g/mol. The molecule has 0 saturated heterocycles. The molecule has 1 aliphatic rings. The Bertz CT molecular complexity index is 293. The minimum atomic E-state index is -3.10. The second-order valence-corrected chi connectivity index (χ2v) is 7.62. The molecule has 6 heteroatoms. The van der Waals surface area contributed by atoms with E-state index in [1.54, 1.807) is 0 Å². The highest BCUT2D eigenvalue weighted by atomic mass is 32.2. The fraction of sp³-hybridized carbons (Fsp3) is 1.00. The quantitative estimate of drug-likeness (QED) is 0.719. The number of hydrogen-bond acceptors (Lipinski definition) is 4. The smallest absolute Gasteiger partial charge is 0.211 e. The number of nitrogens with two attached hydrogens (primary N) is 1. The molecule has 0 amide bonds. The lowest BCUT2D eigenvalue weighted by atomic mass is 10.3. The number of thioether (sulfide) groups is 1. The van der Waals surface area contributed by atoms with Gasteiger partial charge in [-0.1, -0.05) is 6.92 Å². The first-order chi connectivity index (χ1) is 7.57. The predicted molar refractivity (Wildman–Crippen MR) is 70.2 cm³/mol. The van der Waals surface area contributed by atoms with Gasteiger partial charge in [-0.15, -0.1) is 0 Å². The number of nitrogens with one attached hydrogen (secondary N) is 1. The number of sulfonamides is 1. The van der Waals surface area contributed by atoms with E-state index >= 15 is 0 Å². The third kappa shape index (κ3) is 5.03. The first kappa shape index (κ1) is 14.3. The molecule has 0 aromatic heterocycles. The lowest BCUT2D eigenvalue weighted by Gasteiger charge is -2.13. The molecule has 2 atom stereocenters. The fourth-order valence-corrected chi connectivity index (χ4v) is 4.55. The molecule has 0 radical (unpaired) electrons. The first-order valence-electron chi connectivity index (χ1n) is 5.89. The molecule has 0 aromatic rings. The SMILES string of the molecule is CCSC1CCC(NS(=O)(=O)CCCN)C1. The molecule has 0 heterocycles. The van der Waals surface area contributed by atoms with Crippen molar-refractivity contribution < 1.29 is 8.42 Å². The zero-order chi connectivity index (χ0) is 12.0. The van der Waals surface area contributed by atoms with Crippen LogP contribution in [0.5, 0.6) is 0 Å². The molecule has 2 unspecified atom stereocenters. The second-order valence-electron chi connectivity index (χ2n) is 4.17. The van der Waals surface area contributed by atoms with Gasteiger partial charge < -0.3 is 5.73 Å². The molecule has 4 nitrogen and oxygen atoms in total. The molecule has 0 aromatic carbocycles. The normalized spacial score (nSPS) is 26.1. The van der Waals surface area contributed by atoms with Gasteiger partial charge in [-0.25, -0.2) is 13.1 Å². The minimum Gasteiger partial charge on any atom is -0.330 e. The van der Waals surface area contributed by atoms with Crippen LogP contribution in [-0.2, 0) is 10.0 Å². The van der Waals surface area contributed by atoms with Crippen LogP contribution >= 0.6 is 11.8 Å². The Labute approximate surface area is 103 Å². The molecule has 1 rings (SSSR count). The van der Waals surface area contributed by atoms with Gasteiger partial charge in [-0.2, -0.15) is 11.8 Å². The zero-order valence-corrected chi connectivity index (χ0v) is 11.4. The van der Waals surface area contributed by atoms with E-state index in [2.05, 4.69) is 11.6 Å². The third-order valence-corrected chi connectivity index (χ3v) is 5.50. The predicted octanol–water partition coefficient (Wildman–Crippen LogP) is 0.929. The summed E-state index contributed by atoms with van der Waals surface area (Å²) in [6.07, 6.45) is 3.61. The maximum atomic E-state index is 11.6. The summed E-state index contributed by atoms with van der Waals surface area (Å²) in [6.45, 7) is 2.57. The van der Waals surface area contributed by atoms with Crippen molar-refractivity contribution in [2.75, 3.05) is 18.1 Å². The van der Waals surface area contributed by atoms with Crippen molar-refractivity contribution in [3.8, 4) is 0 Å². The van der Waals surface area contributed by atoms with Crippen LogP contribution in [0.4, 0.5) is 0 Å². The van der Waals surface area contributed by atoms with Gasteiger partial charge in [0.1, 0.15) is 0 Å². The summed E-state index contributed by atoms with van der Waals surface area (Å²) in [6, 6.07) is 0.145. The molecule has 0 aliphatic heterocycles. The van der Waals surface area contributed by atoms with E-state index in [1.807, 2.05) is 11.8 Å². The molecule has 1 fully saturated rings. The Kier molecular flexibility index (Phi) is 6.10. The van der Waals surface area contributed by atoms with Crippen LogP contribution in [0, 0.1) is 0 Å². The highest BCUT2D eigenvalue weighted by Gasteiger charge is 2.27. The van der Waals surface area contributed by atoms with Crippen LogP contribution in [0.15, 0.2) is 0 Å². The summed E-state index contributed by atoms with van der Waals surface area (Å²) in [5.74, 6) is 1.27. The number of rotatable bonds is 7. The van der Waals surface area contributed by atoms with Crippen molar-refractivity contribution >= 4 is 21.8 Å². The molecule has 1 aliphatic carbocycles. The average molecular weight is 266 g/mol. The van der Waals surface area contributed by atoms with Crippen LogP contribution in [-0.4, -0.2) is 37.8 Å². The van der Waals surface area contributed by atoms with E-state index in [1.165, 1.54) is 0 Å². The summed E-state index contributed by atoms with van der Waals surface area (Å²) in [7, 11) is -3.10.